The van der Waals surface area contributed by atoms with E-state index in [1.54, 1.807) is 17.7 Å². The number of nitrogens with zero attached hydrogens (tertiary/aromatic N) is 5. The van der Waals surface area contributed by atoms with Crippen LogP contribution in [0.1, 0.15) is 30.3 Å². The van der Waals surface area contributed by atoms with Crippen LogP contribution in [-0.2, 0) is 11.2 Å². The van der Waals surface area contributed by atoms with Crippen LogP contribution in [0.15, 0.2) is 24.3 Å². The number of likely N-dealkylation sites (tertiary alicyclic amines) is 1. The molecule has 1 atom stereocenters. The minimum absolute atomic E-state index is 0.00688. The molecule has 1 aromatic carbocycles. The summed E-state index contributed by atoms with van der Waals surface area (Å²) >= 11 is 0. The number of rotatable bonds is 6. The Balaban J connectivity index is 1.77. The summed E-state index contributed by atoms with van der Waals surface area (Å²) in [6.07, 6.45) is 2.32. The fourth-order valence-corrected chi connectivity index (χ4v) is 3.55. The Morgan fingerprint density at radius 2 is 2.15 bits per heavy atom. The topological polar surface area (TPSA) is 75.9 Å². The van der Waals surface area contributed by atoms with Gasteiger partial charge in [0.2, 0.25) is 5.91 Å². The highest BCUT2D eigenvalue weighted by Gasteiger charge is 2.31. The average molecular weight is 360 g/mol. The lowest BCUT2D eigenvalue weighted by Gasteiger charge is -2.34. The van der Waals surface area contributed by atoms with E-state index in [1.807, 2.05) is 18.0 Å². The van der Waals surface area contributed by atoms with E-state index in [2.05, 4.69) is 20.8 Å². The summed E-state index contributed by atoms with van der Waals surface area (Å²) in [6, 6.07) is 5.77. The number of tetrazole rings is 1. The monoisotopic (exact) mass is 360 g/mol. The molecule has 3 rings (SSSR count). The largest absolute Gasteiger partial charge is 0.341 e. The van der Waals surface area contributed by atoms with Gasteiger partial charge in [-0.3, -0.25) is 4.79 Å². The van der Waals surface area contributed by atoms with Crippen molar-refractivity contribution in [3.05, 3.63) is 41.5 Å². The third-order valence-electron chi connectivity index (χ3n) is 4.97. The number of carbonyl (C=O) groups excluding carboxylic acids is 1. The smallest absolute Gasteiger partial charge is 0.247 e. The predicted octanol–water partition coefficient (Wildman–Crippen LogP) is 1.36. The number of carbonyl (C=O) groups is 1. The summed E-state index contributed by atoms with van der Waals surface area (Å²) in [5.74, 6) is 0.855. The van der Waals surface area contributed by atoms with Gasteiger partial charge in [-0.25, -0.2) is 9.07 Å². The van der Waals surface area contributed by atoms with E-state index in [0.717, 1.165) is 38.0 Å². The summed E-state index contributed by atoms with van der Waals surface area (Å²) in [7, 11) is 1.95. The van der Waals surface area contributed by atoms with Gasteiger partial charge in [0.1, 0.15) is 17.7 Å². The van der Waals surface area contributed by atoms with E-state index < -0.39 is 6.04 Å². The molecule has 26 heavy (non-hydrogen) atoms. The minimum Gasteiger partial charge on any atom is -0.341 e. The highest BCUT2D eigenvalue weighted by molar-refractivity contribution is 5.80. The van der Waals surface area contributed by atoms with Crippen molar-refractivity contribution in [1.29, 1.82) is 0 Å². The normalized spacial score (nSPS) is 16.7. The van der Waals surface area contributed by atoms with Crippen molar-refractivity contribution >= 4 is 5.91 Å². The molecular formula is C18H25FN6O. The maximum absolute atomic E-state index is 13.6. The van der Waals surface area contributed by atoms with E-state index in [4.69, 9.17) is 0 Å². The van der Waals surface area contributed by atoms with Gasteiger partial charge in [-0.2, -0.15) is 0 Å². The molecule has 1 N–H and O–H groups in total. The number of nitrogens with one attached hydrogen (secondary N) is 1. The van der Waals surface area contributed by atoms with Crippen molar-refractivity contribution in [3.63, 3.8) is 0 Å². The second kappa shape index (κ2) is 8.35. The van der Waals surface area contributed by atoms with Gasteiger partial charge in [-0.15, -0.1) is 5.10 Å². The lowest BCUT2D eigenvalue weighted by Crippen LogP contribution is -2.44. The van der Waals surface area contributed by atoms with Gasteiger partial charge < -0.3 is 10.2 Å². The standard InChI is InChI=1S/C18H25FN6O/c1-13-21-22-23-25(13)17(11-15-4-3-5-16(19)10-15)18(26)24-8-6-14(7-9-24)12-20-2/h3-5,10,14,17,20H,6-9,11-12H2,1-2H3. The maximum atomic E-state index is 13.6. The first kappa shape index (κ1) is 18.4. The number of aryl methyl sites for hydroxylation is 1. The van der Waals surface area contributed by atoms with Crippen molar-refractivity contribution in [1.82, 2.24) is 30.4 Å². The lowest BCUT2D eigenvalue weighted by molar-refractivity contribution is -0.136. The fourth-order valence-electron chi connectivity index (χ4n) is 3.55. The molecule has 1 unspecified atom stereocenters. The summed E-state index contributed by atoms with van der Waals surface area (Å²) in [4.78, 5) is 15.1. The second-order valence-corrected chi connectivity index (χ2v) is 6.85. The molecular weight excluding hydrogens is 335 g/mol. The Morgan fingerprint density at radius 1 is 1.38 bits per heavy atom. The highest BCUT2D eigenvalue weighted by Crippen LogP contribution is 2.23. The van der Waals surface area contributed by atoms with Gasteiger partial charge in [-0.05, 0) is 67.4 Å². The summed E-state index contributed by atoms with van der Waals surface area (Å²) < 4.78 is 15.1. The Bertz CT molecular complexity index is 741. The van der Waals surface area contributed by atoms with Crippen molar-refractivity contribution < 1.29 is 9.18 Å². The Hall–Kier alpha value is -2.35. The highest BCUT2D eigenvalue weighted by atomic mass is 19.1. The second-order valence-electron chi connectivity index (χ2n) is 6.85. The number of halogens is 1. The zero-order valence-corrected chi connectivity index (χ0v) is 15.2. The van der Waals surface area contributed by atoms with Crippen molar-refractivity contribution in [2.75, 3.05) is 26.7 Å². The molecule has 1 aromatic heterocycles. The fraction of sp³-hybridized carbons (Fsp3) is 0.556. The van der Waals surface area contributed by atoms with E-state index in [0.29, 0.717) is 18.2 Å². The van der Waals surface area contributed by atoms with Crippen LogP contribution in [0.5, 0.6) is 0 Å². The summed E-state index contributed by atoms with van der Waals surface area (Å²) in [5.41, 5.74) is 0.753. The molecule has 0 bridgehead atoms. The summed E-state index contributed by atoms with van der Waals surface area (Å²) in [6.45, 7) is 4.20. The lowest BCUT2D eigenvalue weighted by atomic mass is 9.95. The molecule has 1 fully saturated rings. The van der Waals surface area contributed by atoms with E-state index >= 15 is 0 Å². The first-order chi connectivity index (χ1) is 12.6. The van der Waals surface area contributed by atoms with Crippen molar-refractivity contribution in [2.24, 2.45) is 5.92 Å². The van der Waals surface area contributed by atoms with Crippen molar-refractivity contribution in [3.8, 4) is 0 Å². The molecule has 1 aliphatic heterocycles. The van der Waals surface area contributed by atoms with Crippen LogP contribution >= 0.6 is 0 Å². The molecule has 2 heterocycles. The van der Waals surface area contributed by atoms with Crippen molar-refractivity contribution in [2.45, 2.75) is 32.2 Å². The third-order valence-corrected chi connectivity index (χ3v) is 4.97. The molecule has 0 saturated carbocycles. The molecule has 7 nitrogen and oxygen atoms in total. The maximum Gasteiger partial charge on any atom is 0.247 e. The molecule has 8 heteroatoms. The summed E-state index contributed by atoms with van der Waals surface area (Å²) in [5, 5.41) is 14.8. The molecule has 1 aliphatic rings. The van der Waals surface area contributed by atoms with E-state index in [9.17, 15) is 9.18 Å². The number of hydrogen-bond acceptors (Lipinski definition) is 5. The number of aromatic nitrogens is 4. The molecule has 1 saturated heterocycles. The zero-order valence-electron chi connectivity index (χ0n) is 15.2. The van der Waals surface area contributed by atoms with Crippen LogP contribution in [-0.4, -0.2) is 57.7 Å². The van der Waals surface area contributed by atoms with Gasteiger partial charge in [0.15, 0.2) is 0 Å². The number of amides is 1. The van der Waals surface area contributed by atoms with Gasteiger partial charge in [0, 0.05) is 19.5 Å². The van der Waals surface area contributed by atoms with Crippen LogP contribution in [0.4, 0.5) is 4.39 Å². The first-order valence-electron chi connectivity index (χ1n) is 9.00. The van der Waals surface area contributed by atoms with Crippen LogP contribution in [0, 0.1) is 18.7 Å². The molecule has 140 valence electrons. The van der Waals surface area contributed by atoms with E-state index in [1.165, 1.54) is 12.1 Å². The van der Waals surface area contributed by atoms with Gasteiger partial charge >= 0.3 is 0 Å². The minimum atomic E-state index is -0.562. The predicted molar refractivity (Wildman–Crippen MR) is 94.9 cm³/mol. The molecule has 0 radical (unpaired) electrons. The van der Waals surface area contributed by atoms with Gasteiger partial charge in [0.25, 0.3) is 0 Å². The molecule has 0 aliphatic carbocycles. The third kappa shape index (κ3) is 4.24. The number of benzene rings is 1. The average Bonchev–Trinajstić information content (AvgIpc) is 3.06. The van der Waals surface area contributed by atoms with Gasteiger partial charge in [-0.1, -0.05) is 12.1 Å². The quantitative estimate of drug-likeness (QED) is 0.842. The molecule has 0 spiro atoms. The van der Waals surface area contributed by atoms with E-state index in [-0.39, 0.29) is 11.7 Å². The number of hydrogen-bond donors (Lipinski definition) is 1. The van der Waals surface area contributed by atoms with Crippen LogP contribution < -0.4 is 5.32 Å². The molecule has 1 amide bonds. The SMILES string of the molecule is CNCC1CCN(C(=O)C(Cc2cccc(F)c2)n2nnnc2C)CC1. The molecule has 2 aromatic rings. The zero-order chi connectivity index (χ0) is 18.5. The Morgan fingerprint density at radius 3 is 2.77 bits per heavy atom. The van der Waals surface area contributed by atoms with Gasteiger partial charge in [0.05, 0.1) is 0 Å². The Kier molecular flexibility index (Phi) is 5.92. The van der Waals surface area contributed by atoms with Crippen LogP contribution in [0.25, 0.3) is 0 Å². The van der Waals surface area contributed by atoms with Crippen LogP contribution in [0.2, 0.25) is 0 Å². The Labute approximate surface area is 152 Å². The first-order valence-corrected chi connectivity index (χ1v) is 9.00. The number of piperidine rings is 1. The van der Waals surface area contributed by atoms with Crippen LogP contribution in [0.3, 0.4) is 0 Å².